The number of aromatic nitrogens is 1. The number of aryl methyl sites for hydroxylation is 2. The lowest BCUT2D eigenvalue weighted by Crippen LogP contribution is -2.57. The standard InChI is InChI=1S/C32H26ClN3O5/c1-19-10-13-25(14-11-19)36-30(38)26(29(37)35(32(36)40)24-8-6-5-7-9-24)17-23-16-20(2)34(21(23)3)28-18-22(31(39)41-4)12-15-27(28)33/h5-18H,1-4H3/b26-17+. The van der Waals surface area contributed by atoms with E-state index in [4.69, 9.17) is 16.3 Å². The number of barbiturate groups is 1. The molecule has 0 radical (unpaired) electrons. The number of rotatable bonds is 5. The largest absolute Gasteiger partial charge is 0.465 e. The molecule has 5 rings (SSSR count). The van der Waals surface area contributed by atoms with Gasteiger partial charge in [-0.1, -0.05) is 47.5 Å². The Labute approximate surface area is 242 Å². The highest BCUT2D eigenvalue weighted by Crippen LogP contribution is 2.32. The van der Waals surface area contributed by atoms with Crippen molar-refractivity contribution in [3.05, 3.63) is 118 Å². The Morgan fingerprint density at radius 3 is 2.02 bits per heavy atom. The molecule has 1 aliphatic rings. The summed E-state index contributed by atoms with van der Waals surface area (Å²) in [5.74, 6) is -1.97. The first-order chi connectivity index (χ1) is 19.6. The molecule has 4 aromatic rings. The topological polar surface area (TPSA) is 88.9 Å². The van der Waals surface area contributed by atoms with Crippen molar-refractivity contribution in [2.45, 2.75) is 20.8 Å². The maximum Gasteiger partial charge on any atom is 0.343 e. The van der Waals surface area contributed by atoms with Gasteiger partial charge in [0, 0.05) is 11.4 Å². The summed E-state index contributed by atoms with van der Waals surface area (Å²) in [6.45, 7) is 5.56. The number of carbonyl (C=O) groups excluding carboxylic acids is 4. The maximum absolute atomic E-state index is 13.8. The third-order valence-electron chi connectivity index (χ3n) is 6.93. The molecule has 0 unspecified atom stereocenters. The second kappa shape index (κ2) is 10.9. The van der Waals surface area contributed by atoms with Crippen LogP contribution in [0.1, 0.15) is 32.9 Å². The Morgan fingerprint density at radius 1 is 0.805 bits per heavy atom. The normalized spacial score (nSPS) is 14.7. The molecule has 3 aromatic carbocycles. The second-order valence-electron chi connectivity index (χ2n) is 9.61. The minimum atomic E-state index is -0.760. The molecular weight excluding hydrogens is 542 g/mol. The van der Waals surface area contributed by atoms with E-state index in [-0.39, 0.29) is 5.57 Å². The van der Waals surface area contributed by atoms with Crippen LogP contribution in [0.3, 0.4) is 0 Å². The first-order valence-electron chi connectivity index (χ1n) is 12.8. The Balaban J connectivity index is 1.65. The van der Waals surface area contributed by atoms with E-state index in [1.807, 2.05) is 31.4 Å². The maximum atomic E-state index is 13.8. The SMILES string of the molecule is COC(=O)c1ccc(Cl)c(-n2c(C)cc(/C=C3\C(=O)N(c4ccccc4)C(=O)N(c4ccc(C)cc4)C3=O)c2C)c1. The average molecular weight is 568 g/mol. The summed E-state index contributed by atoms with van der Waals surface area (Å²) in [5.41, 5.74) is 4.33. The molecule has 0 atom stereocenters. The molecule has 4 amide bonds. The Hall–Kier alpha value is -4.95. The summed E-state index contributed by atoms with van der Waals surface area (Å²) in [7, 11) is 1.30. The Morgan fingerprint density at radius 2 is 1.41 bits per heavy atom. The van der Waals surface area contributed by atoms with Crippen LogP contribution in [0.5, 0.6) is 0 Å². The fraction of sp³-hybridized carbons (Fsp3) is 0.125. The van der Waals surface area contributed by atoms with Crippen molar-refractivity contribution in [2.75, 3.05) is 16.9 Å². The first-order valence-corrected chi connectivity index (χ1v) is 13.1. The van der Waals surface area contributed by atoms with Gasteiger partial charge >= 0.3 is 12.0 Å². The fourth-order valence-electron chi connectivity index (χ4n) is 4.84. The van der Waals surface area contributed by atoms with Crippen LogP contribution in [0.4, 0.5) is 16.2 Å². The quantitative estimate of drug-likeness (QED) is 0.158. The molecule has 2 heterocycles. The van der Waals surface area contributed by atoms with E-state index in [1.165, 1.54) is 13.2 Å². The number of ether oxygens (including phenoxy) is 1. The molecule has 0 N–H and O–H groups in total. The van der Waals surface area contributed by atoms with Crippen LogP contribution >= 0.6 is 11.6 Å². The number of hydrogen-bond acceptors (Lipinski definition) is 5. The molecular formula is C32H26ClN3O5. The molecule has 1 aliphatic heterocycles. The van der Waals surface area contributed by atoms with Crippen molar-refractivity contribution in [3.8, 4) is 5.69 Å². The van der Waals surface area contributed by atoms with Gasteiger partial charge in [0.05, 0.1) is 34.8 Å². The highest BCUT2D eigenvalue weighted by molar-refractivity contribution is 6.46. The predicted molar refractivity (Wildman–Crippen MR) is 158 cm³/mol. The van der Waals surface area contributed by atoms with Crippen molar-refractivity contribution >= 4 is 52.9 Å². The van der Waals surface area contributed by atoms with E-state index in [9.17, 15) is 19.2 Å². The molecule has 0 saturated carbocycles. The van der Waals surface area contributed by atoms with Crippen molar-refractivity contribution in [1.82, 2.24) is 4.57 Å². The molecule has 1 saturated heterocycles. The van der Waals surface area contributed by atoms with Gasteiger partial charge in [0.2, 0.25) is 0 Å². The van der Waals surface area contributed by atoms with Crippen LogP contribution in [-0.2, 0) is 14.3 Å². The molecule has 0 aliphatic carbocycles. The number of nitrogens with zero attached hydrogens (tertiary/aromatic N) is 3. The van der Waals surface area contributed by atoms with E-state index < -0.39 is 23.8 Å². The number of urea groups is 1. The molecule has 206 valence electrons. The van der Waals surface area contributed by atoms with Crippen molar-refractivity contribution in [2.24, 2.45) is 0 Å². The summed E-state index contributed by atoms with van der Waals surface area (Å²) in [6.07, 6.45) is 1.49. The number of halogens is 1. The smallest absolute Gasteiger partial charge is 0.343 e. The lowest BCUT2D eigenvalue weighted by atomic mass is 10.0. The fourth-order valence-corrected chi connectivity index (χ4v) is 5.05. The third-order valence-corrected chi connectivity index (χ3v) is 7.25. The lowest BCUT2D eigenvalue weighted by molar-refractivity contribution is -0.121. The molecule has 1 aromatic heterocycles. The Bertz CT molecular complexity index is 1740. The van der Waals surface area contributed by atoms with E-state index in [2.05, 4.69) is 0 Å². The number of anilines is 2. The van der Waals surface area contributed by atoms with Gasteiger partial charge in [-0.05, 0) is 80.9 Å². The summed E-state index contributed by atoms with van der Waals surface area (Å²) in [4.78, 5) is 55.4. The van der Waals surface area contributed by atoms with E-state index in [0.29, 0.717) is 38.9 Å². The molecule has 0 spiro atoms. The van der Waals surface area contributed by atoms with Crippen LogP contribution in [0.2, 0.25) is 5.02 Å². The zero-order valence-electron chi connectivity index (χ0n) is 22.8. The molecule has 1 fully saturated rings. The van der Waals surface area contributed by atoms with Gasteiger partial charge in [0.25, 0.3) is 11.8 Å². The minimum Gasteiger partial charge on any atom is -0.465 e. The zero-order valence-corrected chi connectivity index (χ0v) is 23.6. The van der Waals surface area contributed by atoms with E-state index in [1.54, 1.807) is 72.8 Å². The van der Waals surface area contributed by atoms with Crippen LogP contribution in [0.15, 0.2) is 84.4 Å². The summed E-state index contributed by atoms with van der Waals surface area (Å²) in [6, 6.07) is 21.3. The number of benzene rings is 3. The number of hydrogen-bond donors (Lipinski definition) is 0. The minimum absolute atomic E-state index is 0.177. The number of para-hydroxylation sites is 1. The van der Waals surface area contributed by atoms with Crippen LogP contribution in [0, 0.1) is 20.8 Å². The zero-order chi connectivity index (χ0) is 29.4. The predicted octanol–water partition coefficient (Wildman–Crippen LogP) is 6.43. The van der Waals surface area contributed by atoms with Crippen molar-refractivity contribution < 1.29 is 23.9 Å². The summed E-state index contributed by atoms with van der Waals surface area (Å²) in [5, 5.41) is 0.398. The van der Waals surface area contributed by atoms with Crippen molar-refractivity contribution in [3.63, 3.8) is 0 Å². The van der Waals surface area contributed by atoms with E-state index >= 15 is 0 Å². The summed E-state index contributed by atoms with van der Waals surface area (Å²) < 4.78 is 6.68. The number of methoxy groups -OCH3 is 1. The third kappa shape index (κ3) is 4.94. The van der Waals surface area contributed by atoms with Gasteiger partial charge in [-0.25, -0.2) is 19.4 Å². The number of amides is 4. The molecule has 41 heavy (non-hydrogen) atoms. The van der Waals surface area contributed by atoms with Gasteiger partial charge in [0.15, 0.2) is 0 Å². The monoisotopic (exact) mass is 567 g/mol. The highest BCUT2D eigenvalue weighted by atomic mass is 35.5. The van der Waals surface area contributed by atoms with E-state index in [0.717, 1.165) is 21.1 Å². The lowest BCUT2D eigenvalue weighted by Gasteiger charge is -2.34. The number of imide groups is 2. The average Bonchev–Trinajstić information content (AvgIpc) is 3.24. The van der Waals surface area contributed by atoms with Gasteiger partial charge in [-0.2, -0.15) is 0 Å². The molecule has 8 nitrogen and oxygen atoms in total. The first kappa shape index (κ1) is 27.6. The van der Waals surface area contributed by atoms with Gasteiger partial charge < -0.3 is 9.30 Å². The number of carbonyl (C=O) groups is 4. The van der Waals surface area contributed by atoms with Gasteiger partial charge in [-0.3, -0.25) is 9.59 Å². The van der Waals surface area contributed by atoms with Crippen LogP contribution in [0.25, 0.3) is 11.8 Å². The van der Waals surface area contributed by atoms with Crippen LogP contribution < -0.4 is 9.80 Å². The molecule has 9 heteroatoms. The summed E-state index contributed by atoms with van der Waals surface area (Å²) >= 11 is 6.52. The van der Waals surface area contributed by atoms with Crippen molar-refractivity contribution in [1.29, 1.82) is 0 Å². The highest BCUT2D eigenvalue weighted by Gasteiger charge is 2.43. The van der Waals surface area contributed by atoms with Gasteiger partial charge in [0.1, 0.15) is 5.57 Å². The second-order valence-corrected chi connectivity index (χ2v) is 10.0. The Kier molecular flexibility index (Phi) is 7.34. The van der Waals surface area contributed by atoms with Gasteiger partial charge in [-0.15, -0.1) is 0 Å². The van der Waals surface area contributed by atoms with Crippen LogP contribution in [-0.4, -0.2) is 35.5 Å². The molecule has 0 bridgehead atoms. The number of esters is 1.